The van der Waals surface area contributed by atoms with Gasteiger partial charge in [0.25, 0.3) is 5.91 Å². The minimum Gasteiger partial charge on any atom is -0.469 e. The van der Waals surface area contributed by atoms with E-state index in [4.69, 9.17) is 26.3 Å². The van der Waals surface area contributed by atoms with Crippen LogP contribution in [0, 0.1) is 6.92 Å². The maximum Gasteiger partial charge on any atom is 0.253 e. The molecule has 1 aliphatic heterocycles. The smallest absolute Gasteiger partial charge is 0.253 e. The molecule has 4 heterocycles. The topological polar surface area (TPSA) is 116 Å². The first-order valence-electron chi connectivity index (χ1n) is 10.1. The number of hydrogen-bond donors (Lipinski definition) is 1. The Morgan fingerprint density at radius 1 is 1.18 bits per heavy atom. The fourth-order valence-corrected chi connectivity index (χ4v) is 4.46. The third-order valence-corrected chi connectivity index (χ3v) is 6.48. The maximum absolute atomic E-state index is 13.2. The number of thioether (sulfide) groups is 1. The molecular formula is C22H19ClN6O3S. The maximum atomic E-state index is 13.2. The van der Waals surface area contributed by atoms with E-state index in [1.807, 2.05) is 25.1 Å². The summed E-state index contributed by atoms with van der Waals surface area (Å²) in [5.74, 6) is 7.87. The number of halogens is 1. The number of aryl methyl sites for hydroxylation is 1. The Hall–Kier alpha value is -3.50. The average Bonchev–Trinajstić information content (AvgIpc) is 3.60. The fourth-order valence-electron chi connectivity index (χ4n) is 3.63. The van der Waals surface area contributed by atoms with Crippen LogP contribution in [-0.2, 0) is 4.79 Å². The van der Waals surface area contributed by atoms with E-state index in [1.54, 1.807) is 36.8 Å². The van der Waals surface area contributed by atoms with Crippen molar-refractivity contribution in [3.63, 3.8) is 0 Å². The van der Waals surface area contributed by atoms with Gasteiger partial charge in [-0.25, -0.2) is 9.69 Å². The third kappa shape index (κ3) is 4.14. The molecule has 1 atom stereocenters. The molecule has 0 aliphatic carbocycles. The molecule has 11 heteroatoms. The molecule has 0 fully saturated rings. The van der Waals surface area contributed by atoms with Crippen LogP contribution < -0.4 is 5.84 Å². The van der Waals surface area contributed by atoms with Crippen LogP contribution in [0.15, 0.2) is 74.1 Å². The van der Waals surface area contributed by atoms with Gasteiger partial charge in [0.15, 0.2) is 5.82 Å². The zero-order valence-electron chi connectivity index (χ0n) is 17.5. The van der Waals surface area contributed by atoms with Crippen LogP contribution in [0.25, 0.3) is 11.4 Å². The molecule has 0 spiro atoms. The van der Waals surface area contributed by atoms with E-state index in [1.165, 1.54) is 21.4 Å². The van der Waals surface area contributed by atoms with Gasteiger partial charge >= 0.3 is 0 Å². The molecule has 2 N–H and O–H groups in total. The molecule has 168 valence electrons. The molecule has 9 nitrogen and oxygen atoms in total. The Balaban J connectivity index is 1.35. The lowest BCUT2D eigenvalue weighted by Gasteiger charge is -2.19. The van der Waals surface area contributed by atoms with Crippen molar-refractivity contribution in [1.29, 1.82) is 0 Å². The predicted molar refractivity (Wildman–Crippen MR) is 124 cm³/mol. The number of hydrazone groups is 1. The van der Waals surface area contributed by atoms with Gasteiger partial charge < -0.3 is 14.7 Å². The molecule has 4 aromatic rings. The van der Waals surface area contributed by atoms with Gasteiger partial charge in [-0.05, 0) is 42.8 Å². The first-order chi connectivity index (χ1) is 16.0. The molecule has 0 radical (unpaired) electrons. The number of benzene rings is 1. The highest BCUT2D eigenvalue weighted by Gasteiger charge is 2.35. The van der Waals surface area contributed by atoms with Crippen molar-refractivity contribution in [2.45, 2.75) is 24.5 Å². The Kier molecular flexibility index (Phi) is 5.69. The van der Waals surface area contributed by atoms with Gasteiger partial charge in [0.2, 0.25) is 5.16 Å². The van der Waals surface area contributed by atoms with Gasteiger partial charge in [-0.15, -0.1) is 10.2 Å². The summed E-state index contributed by atoms with van der Waals surface area (Å²) >= 11 is 7.20. The molecule has 0 saturated heterocycles. The average molecular weight is 483 g/mol. The highest BCUT2D eigenvalue weighted by Crippen LogP contribution is 2.34. The fraction of sp³-hybridized carbons (Fsp3) is 0.182. The zero-order chi connectivity index (χ0) is 22.9. The Bertz CT molecular complexity index is 1310. The van der Waals surface area contributed by atoms with Gasteiger partial charge in [-0.2, -0.15) is 5.10 Å². The van der Waals surface area contributed by atoms with Crippen LogP contribution in [-0.4, -0.2) is 37.3 Å². The van der Waals surface area contributed by atoms with Crippen molar-refractivity contribution < 1.29 is 13.6 Å². The van der Waals surface area contributed by atoms with E-state index in [9.17, 15) is 4.79 Å². The number of nitrogen functional groups attached to an aromatic ring is 1. The molecule has 5 rings (SSSR count). The summed E-state index contributed by atoms with van der Waals surface area (Å²) in [7, 11) is 0. The number of carbonyl (C=O) groups is 1. The number of aromatic nitrogens is 3. The van der Waals surface area contributed by atoms with E-state index < -0.39 is 0 Å². The largest absolute Gasteiger partial charge is 0.469 e. The second-order valence-corrected chi connectivity index (χ2v) is 8.76. The van der Waals surface area contributed by atoms with Crippen molar-refractivity contribution >= 4 is 35.0 Å². The van der Waals surface area contributed by atoms with Crippen molar-refractivity contribution in [2.24, 2.45) is 5.10 Å². The molecule has 3 aromatic heterocycles. The second kappa shape index (κ2) is 8.80. The van der Waals surface area contributed by atoms with Crippen LogP contribution in [0.3, 0.4) is 0 Å². The SMILES string of the molecule is Cc1occc1-c1nnc(SCC(=O)N2N=C(c3ccc(Cl)cc3)CC2c2ccco2)n1N. The third-order valence-electron chi connectivity index (χ3n) is 5.30. The van der Waals surface area contributed by atoms with Gasteiger partial charge in [0.05, 0.1) is 29.6 Å². The predicted octanol–water partition coefficient (Wildman–Crippen LogP) is 4.28. The number of nitrogens with two attached hydrogens (primary N) is 1. The van der Waals surface area contributed by atoms with Gasteiger partial charge in [-0.1, -0.05) is 35.5 Å². The van der Waals surface area contributed by atoms with Crippen LogP contribution >= 0.6 is 23.4 Å². The molecule has 1 aliphatic rings. The summed E-state index contributed by atoms with van der Waals surface area (Å²) < 4.78 is 12.3. The van der Waals surface area contributed by atoms with Crippen molar-refractivity contribution in [3.8, 4) is 11.4 Å². The summed E-state index contributed by atoms with van der Waals surface area (Å²) in [6.45, 7) is 1.82. The van der Waals surface area contributed by atoms with E-state index >= 15 is 0 Å². The first kappa shape index (κ1) is 21.4. The van der Waals surface area contributed by atoms with E-state index in [0.29, 0.717) is 33.9 Å². The lowest BCUT2D eigenvalue weighted by Crippen LogP contribution is -2.28. The van der Waals surface area contributed by atoms with E-state index in [2.05, 4.69) is 15.3 Å². The Morgan fingerprint density at radius 2 is 2.00 bits per heavy atom. The number of amides is 1. The summed E-state index contributed by atoms with van der Waals surface area (Å²) in [5.41, 5.74) is 2.43. The highest BCUT2D eigenvalue weighted by molar-refractivity contribution is 7.99. The van der Waals surface area contributed by atoms with E-state index in [-0.39, 0.29) is 17.7 Å². The number of nitrogens with zero attached hydrogens (tertiary/aromatic N) is 5. The second-order valence-electron chi connectivity index (χ2n) is 7.38. The highest BCUT2D eigenvalue weighted by atomic mass is 35.5. The summed E-state index contributed by atoms with van der Waals surface area (Å²) in [5, 5.41) is 15.4. The minimum absolute atomic E-state index is 0.0777. The standard InChI is InChI=1S/C22H19ClN6O3S/c1-13-16(8-10-31-13)21-25-26-22(28(21)24)33-12-20(30)29-18(19-3-2-9-32-19)11-17(27-29)14-4-6-15(23)7-5-14/h2-10,18H,11-12,24H2,1H3. The lowest BCUT2D eigenvalue weighted by molar-refractivity contribution is -0.130. The van der Waals surface area contributed by atoms with Crippen molar-refractivity contribution in [1.82, 2.24) is 19.9 Å². The van der Waals surface area contributed by atoms with Crippen LogP contribution in [0.5, 0.6) is 0 Å². The van der Waals surface area contributed by atoms with Gasteiger partial charge in [-0.3, -0.25) is 4.79 Å². The minimum atomic E-state index is -0.335. The van der Waals surface area contributed by atoms with Crippen molar-refractivity contribution in [2.75, 3.05) is 11.6 Å². The Morgan fingerprint density at radius 3 is 2.70 bits per heavy atom. The van der Waals surface area contributed by atoms with Gasteiger partial charge in [0, 0.05) is 11.4 Å². The quantitative estimate of drug-likeness (QED) is 0.322. The van der Waals surface area contributed by atoms with Crippen LogP contribution in [0.4, 0.5) is 0 Å². The molecule has 1 unspecified atom stereocenters. The normalized spacial score (nSPS) is 15.8. The number of rotatable bonds is 6. The molecular weight excluding hydrogens is 464 g/mol. The molecule has 0 saturated carbocycles. The molecule has 0 bridgehead atoms. The van der Waals surface area contributed by atoms with Gasteiger partial charge in [0.1, 0.15) is 17.6 Å². The van der Waals surface area contributed by atoms with Crippen molar-refractivity contribution in [3.05, 3.63) is 77.1 Å². The lowest BCUT2D eigenvalue weighted by atomic mass is 10.0. The first-order valence-corrected chi connectivity index (χ1v) is 11.4. The monoisotopic (exact) mass is 482 g/mol. The molecule has 1 aromatic carbocycles. The van der Waals surface area contributed by atoms with Crippen LogP contribution in [0.2, 0.25) is 5.02 Å². The summed E-state index contributed by atoms with van der Waals surface area (Å²) in [6, 6.07) is 12.5. The number of furan rings is 2. The van der Waals surface area contributed by atoms with E-state index in [0.717, 1.165) is 16.8 Å². The summed E-state index contributed by atoms with van der Waals surface area (Å²) in [6.07, 6.45) is 3.68. The summed E-state index contributed by atoms with van der Waals surface area (Å²) in [4.78, 5) is 13.2. The Labute approximate surface area is 198 Å². The molecule has 33 heavy (non-hydrogen) atoms. The molecule has 1 amide bonds. The zero-order valence-corrected chi connectivity index (χ0v) is 19.1. The van der Waals surface area contributed by atoms with Crippen LogP contribution in [0.1, 0.15) is 29.5 Å². The number of hydrogen-bond acceptors (Lipinski definition) is 8. The number of carbonyl (C=O) groups excluding carboxylic acids is 1.